The number of aryl methyl sites for hydroxylation is 2. The Morgan fingerprint density at radius 2 is 1.64 bits per heavy atom. The van der Waals surface area contributed by atoms with Crippen LogP contribution < -0.4 is 15.5 Å². The Morgan fingerprint density at radius 3 is 2.36 bits per heavy atom. The van der Waals surface area contributed by atoms with Gasteiger partial charge in [0.05, 0.1) is 6.21 Å². The van der Waals surface area contributed by atoms with Crippen LogP contribution in [0.25, 0.3) is 0 Å². The molecule has 0 bridgehead atoms. The number of carbonyl (C=O) groups excluding carboxylic acids is 2. The summed E-state index contributed by atoms with van der Waals surface area (Å²) >= 11 is 5.88. The van der Waals surface area contributed by atoms with Crippen molar-refractivity contribution in [3.63, 3.8) is 0 Å². The summed E-state index contributed by atoms with van der Waals surface area (Å²) in [6.45, 7) is 4.33. The van der Waals surface area contributed by atoms with Gasteiger partial charge >= 0.3 is 0 Å². The summed E-state index contributed by atoms with van der Waals surface area (Å²) < 4.78 is 5.75. The van der Waals surface area contributed by atoms with Crippen LogP contribution in [0.1, 0.15) is 35.1 Å². The van der Waals surface area contributed by atoms with Crippen LogP contribution in [-0.4, -0.2) is 18.0 Å². The normalized spacial score (nSPS) is 10.8. The van der Waals surface area contributed by atoms with Crippen molar-refractivity contribution in [3.05, 3.63) is 94.0 Å². The van der Waals surface area contributed by atoms with Gasteiger partial charge in [-0.15, -0.1) is 0 Å². The molecule has 0 aliphatic carbocycles. The van der Waals surface area contributed by atoms with Gasteiger partial charge in [-0.2, -0.15) is 5.10 Å². The van der Waals surface area contributed by atoms with Crippen LogP contribution in [0.5, 0.6) is 5.75 Å². The van der Waals surface area contributed by atoms with Gasteiger partial charge in [0, 0.05) is 23.6 Å². The molecule has 0 aliphatic heterocycles. The van der Waals surface area contributed by atoms with E-state index < -0.39 is 0 Å². The molecule has 0 aromatic heterocycles. The summed E-state index contributed by atoms with van der Waals surface area (Å²) in [5.41, 5.74) is 7.07. The number of anilines is 1. The summed E-state index contributed by atoms with van der Waals surface area (Å²) in [6.07, 6.45) is 1.66. The lowest BCUT2D eigenvalue weighted by atomic mass is 10.1. The number of benzene rings is 3. The molecule has 0 saturated heterocycles. The summed E-state index contributed by atoms with van der Waals surface area (Å²) in [7, 11) is 0. The van der Waals surface area contributed by atoms with Gasteiger partial charge in [0.25, 0.3) is 0 Å². The van der Waals surface area contributed by atoms with Gasteiger partial charge in [-0.1, -0.05) is 35.9 Å². The van der Waals surface area contributed by atoms with Gasteiger partial charge in [-0.3, -0.25) is 9.59 Å². The van der Waals surface area contributed by atoms with Crippen molar-refractivity contribution in [1.29, 1.82) is 0 Å². The molecule has 170 valence electrons. The Morgan fingerprint density at radius 1 is 0.939 bits per heavy atom. The fourth-order valence-electron chi connectivity index (χ4n) is 2.94. The fraction of sp³-hybridized carbons (Fsp3) is 0.192. The SMILES string of the molecule is Cc1ccc(C)c(NC(=O)CCC(=O)NN=Cc2ccc(OCc3ccc(Cl)cc3)cc2)c1. The van der Waals surface area contributed by atoms with Gasteiger partial charge in [-0.25, -0.2) is 5.43 Å². The number of hydrogen-bond acceptors (Lipinski definition) is 4. The summed E-state index contributed by atoms with van der Waals surface area (Å²) in [6, 6.07) is 20.7. The summed E-state index contributed by atoms with van der Waals surface area (Å²) in [5, 5.41) is 7.48. The first-order valence-corrected chi connectivity index (χ1v) is 10.9. The third kappa shape index (κ3) is 8.09. The number of nitrogens with zero attached hydrogens (tertiary/aromatic N) is 1. The van der Waals surface area contributed by atoms with Gasteiger partial charge in [0.2, 0.25) is 11.8 Å². The smallest absolute Gasteiger partial charge is 0.240 e. The first-order chi connectivity index (χ1) is 15.9. The second-order valence-electron chi connectivity index (χ2n) is 7.64. The second kappa shape index (κ2) is 11.8. The van der Waals surface area contributed by atoms with Gasteiger partial charge in [-0.05, 0) is 78.6 Å². The van der Waals surface area contributed by atoms with Crippen molar-refractivity contribution < 1.29 is 14.3 Å². The fourth-order valence-corrected chi connectivity index (χ4v) is 3.07. The third-order valence-corrected chi connectivity index (χ3v) is 5.10. The van der Waals surface area contributed by atoms with Crippen LogP contribution in [0.3, 0.4) is 0 Å². The molecule has 3 aromatic rings. The van der Waals surface area contributed by atoms with Crippen molar-refractivity contribution in [1.82, 2.24) is 5.43 Å². The van der Waals surface area contributed by atoms with Gasteiger partial charge < -0.3 is 10.1 Å². The maximum absolute atomic E-state index is 12.1. The highest BCUT2D eigenvalue weighted by Gasteiger charge is 2.08. The van der Waals surface area contributed by atoms with E-state index in [0.29, 0.717) is 11.6 Å². The molecule has 0 heterocycles. The average molecular weight is 464 g/mol. The van der Waals surface area contributed by atoms with E-state index in [1.165, 1.54) is 6.21 Å². The van der Waals surface area contributed by atoms with Crippen molar-refractivity contribution in [2.45, 2.75) is 33.3 Å². The number of carbonyl (C=O) groups is 2. The Bertz CT molecular complexity index is 1130. The molecule has 7 heteroatoms. The number of hydrogen-bond donors (Lipinski definition) is 2. The van der Waals surface area contributed by atoms with E-state index in [1.807, 2.05) is 80.6 Å². The summed E-state index contributed by atoms with van der Waals surface area (Å²) in [4.78, 5) is 24.1. The molecule has 0 atom stereocenters. The molecule has 0 spiro atoms. The quantitative estimate of drug-likeness (QED) is 0.329. The molecule has 6 nitrogen and oxygen atoms in total. The molecule has 0 aliphatic rings. The van der Waals surface area contributed by atoms with E-state index in [9.17, 15) is 9.59 Å². The molecule has 3 rings (SSSR count). The number of hydrazone groups is 1. The number of rotatable bonds is 9. The molecule has 33 heavy (non-hydrogen) atoms. The Hall–Kier alpha value is -3.64. The number of amides is 2. The van der Waals surface area contributed by atoms with Crippen LogP contribution in [0.2, 0.25) is 5.02 Å². The second-order valence-corrected chi connectivity index (χ2v) is 8.08. The van der Waals surface area contributed by atoms with Crippen LogP contribution in [0.15, 0.2) is 71.8 Å². The predicted molar refractivity (Wildman–Crippen MR) is 132 cm³/mol. The lowest BCUT2D eigenvalue weighted by Crippen LogP contribution is -2.20. The van der Waals surface area contributed by atoms with Crippen LogP contribution >= 0.6 is 11.6 Å². The zero-order valence-corrected chi connectivity index (χ0v) is 19.4. The van der Waals surface area contributed by atoms with Crippen LogP contribution in [-0.2, 0) is 16.2 Å². The maximum atomic E-state index is 12.1. The molecule has 0 radical (unpaired) electrons. The van der Waals surface area contributed by atoms with E-state index in [4.69, 9.17) is 16.3 Å². The Balaban J connectivity index is 1.39. The lowest BCUT2D eigenvalue weighted by molar-refractivity contribution is -0.124. The van der Waals surface area contributed by atoms with E-state index in [0.717, 1.165) is 33.7 Å². The van der Waals surface area contributed by atoms with Crippen molar-refractivity contribution in [2.75, 3.05) is 5.32 Å². The van der Waals surface area contributed by atoms with Crippen LogP contribution in [0, 0.1) is 13.8 Å². The zero-order valence-electron chi connectivity index (χ0n) is 18.6. The lowest BCUT2D eigenvalue weighted by Gasteiger charge is -2.09. The minimum Gasteiger partial charge on any atom is -0.489 e. The largest absolute Gasteiger partial charge is 0.489 e. The van der Waals surface area contributed by atoms with Gasteiger partial charge in [0.1, 0.15) is 12.4 Å². The van der Waals surface area contributed by atoms with Crippen molar-refractivity contribution in [2.24, 2.45) is 5.10 Å². The first kappa shape index (κ1) is 24.0. The van der Waals surface area contributed by atoms with E-state index in [2.05, 4.69) is 15.8 Å². The highest BCUT2D eigenvalue weighted by molar-refractivity contribution is 6.30. The standard InChI is InChI=1S/C26H26ClN3O3/c1-18-3-4-19(2)24(15-18)29-25(31)13-14-26(32)30-28-16-20-7-11-23(12-8-20)33-17-21-5-9-22(27)10-6-21/h3-12,15-16H,13-14,17H2,1-2H3,(H,29,31)(H,30,32). The molecule has 0 saturated carbocycles. The number of nitrogens with one attached hydrogen (secondary N) is 2. The molecule has 3 aromatic carbocycles. The minimum atomic E-state index is -0.328. The minimum absolute atomic E-state index is 0.0471. The number of halogens is 1. The highest BCUT2D eigenvalue weighted by Crippen LogP contribution is 2.17. The van der Waals surface area contributed by atoms with Crippen LogP contribution in [0.4, 0.5) is 5.69 Å². The molecule has 0 unspecified atom stereocenters. The topological polar surface area (TPSA) is 79.8 Å². The monoisotopic (exact) mass is 463 g/mol. The molecule has 0 fully saturated rings. The zero-order chi connectivity index (χ0) is 23.6. The third-order valence-electron chi connectivity index (χ3n) is 4.85. The number of ether oxygens (including phenoxy) is 1. The van der Waals surface area contributed by atoms with E-state index in [-0.39, 0.29) is 24.7 Å². The molecular weight excluding hydrogens is 438 g/mol. The average Bonchev–Trinajstić information content (AvgIpc) is 2.80. The predicted octanol–water partition coefficient (Wildman–Crippen LogP) is 5.40. The Kier molecular flexibility index (Phi) is 8.61. The maximum Gasteiger partial charge on any atom is 0.240 e. The van der Waals surface area contributed by atoms with Crippen molar-refractivity contribution >= 4 is 35.3 Å². The Labute approximate surface area is 198 Å². The van der Waals surface area contributed by atoms with Crippen molar-refractivity contribution in [3.8, 4) is 5.75 Å². The summed E-state index contributed by atoms with van der Waals surface area (Å²) in [5.74, 6) is 0.184. The first-order valence-electron chi connectivity index (χ1n) is 10.6. The molecular formula is C26H26ClN3O3. The van der Waals surface area contributed by atoms with E-state index in [1.54, 1.807) is 0 Å². The highest BCUT2D eigenvalue weighted by atomic mass is 35.5. The molecule has 2 amide bonds. The van der Waals surface area contributed by atoms with Gasteiger partial charge in [0.15, 0.2) is 0 Å². The van der Waals surface area contributed by atoms with E-state index >= 15 is 0 Å². The molecule has 2 N–H and O–H groups in total.